The third kappa shape index (κ3) is 3.75. The Bertz CT molecular complexity index is 1030. The van der Waals surface area contributed by atoms with Crippen molar-refractivity contribution in [3.63, 3.8) is 0 Å². The van der Waals surface area contributed by atoms with E-state index in [0.29, 0.717) is 28.6 Å². The van der Waals surface area contributed by atoms with Gasteiger partial charge in [0.15, 0.2) is 17.3 Å². The fourth-order valence-electron chi connectivity index (χ4n) is 2.62. The summed E-state index contributed by atoms with van der Waals surface area (Å²) in [5.74, 6) is 1.41. The van der Waals surface area contributed by atoms with Gasteiger partial charge >= 0.3 is 0 Å². The number of carbonyl (C=O) groups is 2. The number of ketones is 1. The molecule has 4 rings (SSSR count). The lowest BCUT2D eigenvalue weighted by Gasteiger charge is -2.08. The van der Waals surface area contributed by atoms with Crippen LogP contribution >= 0.6 is 0 Å². The van der Waals surface area contributed by atoms with Crippen LogP contribution in [-0.2, 0) is 0 Å². The summed E-state index contributed by atoms with van der Waals surface area (Å²) in [7, 11) is 0. The van der Waals surface area contributed by atoms with Crippen molar-refractivity contribution >= 4 is 28.9 Å². The molecule has 0 unspecified atom stereocenters. The molecule has 0 fully saturated rings. The highest BCUT2D eigenvalue weighted by molar-refractivity contribution is 6.03. The van der Waals surface area contributed by atoms with E-state index >= 15 is 0 Å². The summed E-state index contributed by atoms with van der Waals surface area (Å²) in [6.45, 7) is 1.70. The van der Waals surface area contributed by atoms with Gasteiger partial charge in [0.2, 0.25) is 6.79 Å². The van der Waals surface area contributed by atoms with Crippen LogP contribution in [0.1, 0.15) is 27.8 Å². The maximum absolute atomic E-state index is 12.3. The number of nitrogens with one attached hydrogen (secondary N) is 2. The third-order valence-corrected chi connectivity index (χ3v) is 4.08. The van der Waals surface area contributed by atoms with Crippen molar-refractivity contribution in [3.05, 3.63) is 66.1 Å². The van der Waals surface area contributed by atoms with Crippen LogP contribution in [0.25, 0.3) is 0 Å². The Kier molecular flexibility index (Phi) is 4.59. The highest BCUT2D eigenvalue weighted by Crippen LogP contribution is 2.34. The predicted molar refractivity (Wildman–Crippen MR) is 102 cm³/mol. The van der Waals surface area contributed by atoms with Crippen LogP contribution in [-0.4, -0.2) is 28.5 Å². The molecule has 140 valence electrons. The topological polar surface area (TPSA) is 102 Å². The van der Waals surface area contributed by atoms with Gasteiger partial charge in [-0.3, -0.25) is 9.59 Å². The average molecular weight is 376 g/mol. The molecule has 1 aliphatic rings. The van der Waals surface area contributed by atoms with Gasteiger partial charge < -0.3 is 20.1 Å². The summed E-state index contributed by atoms with van der Waals surface area (Å²) in [6.07, 6.45) is 2.85. The smallest absolute Gasteiger partial charge is 0.275 e. The van der Waals surface area contributed by atoms with Crippen LogP contribution in [0.2, 0.25) is 0 Å². The van der Waals surface area contributed by atoms with Crippen LogP contribution in [0.3, 0.4) is 0 Å². The monoisotopic (exact) mass is 376 g/mol. The average Bonchev–Trinajstić information content (AvgIpc) is 3.17. The largest absolute Gasteiger partial charge is 0.454 e. The first-order valence-corrected chi connectivity index (χ1v) is 8.49. The molecule has 1 aliphatic heterocycles. The maximum Gasteiger partial charge on any atom is 0.275 e. The zero-order chi connectivity index (χ0) is 19.5. The number of carbonyl (C=O) groups excluding carboxylic acids is 2. The van der Waals surface area contributed by atoms with Gasteiger partial charge in [0, 0.05) is 23.0 Å². The number of hydrogen-bond acceptors (Lipinski definition) is 7. The molecule has 28 heavy (non-hydrogen) atoms. The van der Waals surface area contributed by atoms with E-state index in [0.717, 1.165) is 5.69 Å². The molecular weight excluding hydrogens is 360 g/mol. The van der Waals surface area contributed by atoms with Gasteiger partial charge in [0.25, 0.3) is 5.91 Å². The molecule has 2 N–H and O–H groups in total. The van der Waals surface area contributed by atoms with E-state index in [1.807, 2.05) is 6.07 Å². The van der Waals surface area contributed by atoms with Crippen LogP contribution in [0.5, 0.6) is 11.5 Å². The van der Waals surface area contributed by atoms with Gasteiger partial charge in [-0.15, -0.1) is 0 Å². The summed E-state index contributed by atoms with van der Waals surface area (Å²) in [4.78, 5) is 32.0. The summed E-state index contributed by atoms with van der Waals surface area (Å²) < 4.78 is 10.6. The second-order valence-corrected chi connectivity index (χ2v) is 6.07. The van der Waals surface area contributed by atoms with E-state index in [4.69, 9.17) is 9.47 Å². The number of Topliss-reactive ketones (excluding diaryl/α,β-unsaturated/α-hetero) is 1. The first kappa shape index (κ1) is 17.5. The molecule has 0 aliphatic carbocycles. The molecule has 0 atom stereocenters. The number of aromatic nitrogens is 2. The standard InChI is InChI=1S/C20H16N4O4/c1-12(25)13-2-4-14(5-3-13)24-20(26)16-9-22-19(10-21-16)23-15-6-7-17-18(8-15)28-11-27-17/h2-10H,11H2,1H3,(H,22,23)(H,24,26). The van der Waals surface area contributed by atoms with Crippen molar-refractivity contribution in [2.24, 2.45) is 0 Å². The minimum Gasteiger partial charge on any atom is -0.454 e. The van der Waals surface area contributed by atoms with E-state index < -0.39 is 5.91 Å². The van der Waals surface area contributed by atoms with Crippen LogP contribution in [0, 0.1) is 0 Å². The number of nitrogens with zero attached hydrogens (tertiary/aromatic N) is 2. The molecule has 1 amide bonds. The second kappa shape index (κ2) is 7.36. The quantitative estimate of drug-likeness (QED) is 0.658. The van der Waals surface area contributed by atoms with E-state index in [1.165, 1.54) is 19.3 Å². The van der Waals surface area contributed by atoms with Crippen molar-refractivity contribution in [2.45, 2.75) is 6.92 Å². The number of rotatable bonds is 5. The Morgan fingerprint density at radius 1 is 0.929 bits per heavy atom. The van der Waals surface area contributed by atoms with Crippen molar-refractivity contribution in [1.82, 2.24) is 9.97 Å². The van der Waals surface area contributed by atoms with E-state index in [-0.39, 0.29) is 18.3 Å². The maximum atomic E-state index is 12.3. The molecule has 8 nitrogen and oxygen atoms in total. The first-order chi connectivity index (χ1) is 13.6. The molecule has 2 aromatic carbocycles. The second-order valence-electron chi connectivity index (χ2n) is 6.07. The Labute approximate surface area is 160 Å². The Hall–Kier alpha value is -3.94. The fourth-order valence-corrected chi connectivity index (χ4v) is 2.62. The minimum absolute atomic E-state index is 0.0331. The Morgan fingerprint density at radius 2 is 1.68 bits per heavy atom. The highest BCUT2D eigenvalue weighted by atomic mass is 16.7. The molecule has 0 spiro atoms. The third-order valence-electron chi connectivity index (χ3n) is 4.08. The molecule has 3 aromatic rings. The summed E-state index contributed by atoms with van der Waals surface area (Å²) in [6, 6.07) is 12.1. The zero-order valence-corrected chi connectivity index (χ0v) is 14.9. The SMILES string of the molecule is CC(=O)c1ccc(NC(=O)c2cnc(Nc3ccc4c(c3)OCO4)cn2)cc1. The van der Waals surface area contributed by atoms with Crippen LogP contribution in [0.15, 0.2) is 54.9 Å². The zero-order valence-electron chi connectivity index (χ0n) is 14.9. The minimum atomic E-state index is -0.391. The number of hydrogen-bond donors (Lipinski definition) is 2. The van der Waals surface area contributed by atoms with Crippen molar-refractivity contribution in [2.75, 3.05) is 17.4 Å². The van der Waals surface area contributed by atoms with E-state index in [1.54, 1.807) is 36.4 Å². The van der Waals surface area contributed by atoms with Crippen molar-refractivity contribution < 1.29 is 19.1 Å². The predicted octanol–water partition coefficient (Wildman–Crippen LogP) is 3.40. The number of amides is 1. The lowest BCUT2D eigenvalue weighted by Crippen LogP contribution is -2.14. The molecule has 0 saturated carbocycles. The lowest BCUT2D eigenvalue weighted by atomic mass is 10.1. The normalized spacial score (nSPS) is 11.8. The van der Waals surface area contributed by atoms with Crippen molar-refractivity contribution in [3.8, 4) is 11.5 Å². The van der Waals surface area contributed by atoms with Crippen LogP contribution in [0.4, 0.5) is 17.2 Å². The molecular formula is C20H16N4O4. The van der Waals surface area contributed by atoms with Crippen molar-refractivity contribution in [1.29, 1.82) is 0 Å². The van der Waals surface area contributed by atoms with Gasteiger partial charge in [-0.05, 0) is 43.3 Å². The fraction of sp³-hybridized carbons (Fsp3) is 0.100. The molecule has 1 aromatic heterocycles. The summed E-state index contributed by atoms with van der Waals surface area (Å²) >= 11 is 0. The lowest BCUT2D eigenvalue weighted by molar-refractivity contribution is 0.101. The van der Waals surface area contributed by atoms with Crippen LogP contribution < -0.4 is 20.1 Å². The Morgan fingerprint density at radius 3 is 2.39 bits per heavy atom. The highest BCUT2D eigenvalue weighted by Gasteiger charge is 2.14. The number of fused-ring (bicyclic) bond motifs is 1. The van der Waals surface area contributed by atoms with E-state index in [9.17, 15) is 9.59 Å². The van der Waals surface area contributed by atoms with Gasteiger partial charge in [0.05, 0.1) is 12.4 Å². The number of anilines is 3. The molecule has 0 bridgehead atoms. The Balaban J connectivity index is 1.41. The van der Waals surface area contributed by atoms with Gasteiger partial charge in [-0.1, -0.05) is 0 Å². The summed E-state index contributed by atoms with van der Waals surface area (Å²) in [5.41, 5.74) is 2.09. The number of ether oxygens (including phenoxy) is 2. The molecule has 0 saturated heterocycles. The number of benzene rings is 2. The molecule has 8 heteroatoms. The van der Waals surface area contributed by atoms with Gasteiger partial charge in [0.1, 0.15) is 11.5 Å². The van der Waals surface area contributed by atoms with Gasteiger partial charge in [-0.2, -0.15) is 0 Å². The first-order valence-electron chi connectivity index (χ1n) is 8.49. The molecule has 2 heterocycles. The van der Waals surface area contributed by atoms with Gasteiger partial charge in [-0.25, -0.2) is 9.97 Å². The van der Waals surface area contributed by atoms with E-state index in [2.05, 4.69) is 20.6 Å². The molecule has 0 radical (unpaired) electrons. The summed E-state index contributed by atoms with van der Waals surface area (Å²) in [5, 5.41) is 5.81.